The smallest absolute Gasteiger partial charge is 0.212 e. The molecule has 0 saturated heterocycles. The maximum Gasteiger partial charge on any atom is 0.216 e. The first-order valence-corrected chi connectivity index (χ1v) is 8.18. The third-order valence-corrected chi connectivity index (χ3v) is 4.30. The van der Waals surface area contributed by atoms with Crippen LogP contribution in [0.2, 0.25) is 0 Å². The molecule has 0 fully saturated rings. The molecule has 0 amide bonds. The van der Waals surface area contributed by atoms with Gasteiger partial charge in [0.2, 0.25) is 10.0 Å². The fraction of sp³-hybridized carbons (Fsp3) is 0.571. The van der Waals surface area contributed by atoms with Crippen molar-refractivity contribution in [3.05, 3.63) is 35.6 Å². The molecule has 0 heterocycles. The molecule has 1 aromatic carbocycles. The van der Waals surface area contributed by atoms with Gasteiger partial charge in [-0.1, -0.05) is 26.0 Å². The maximum absolute atomic E-state index is 12.7. The molecule has 1 atom stereocenters. The quantitative estimate of drug-likeness (QED) is 0.837. The van der Waals surface area contributed by atoms with Crippen molar-refractivity contribution in [2.75, 3.05) is 0 Å². The van der Waals surface area contributed by atoms with Crippen molar-refractivity contribution in [3.63, 3.8) is 0 Å². The van der Waals surface area contributed by atoms with Gasteiger partial charge in [0.05, 0.1) is 5.75 Å². The van der Waals surface area contributed by atoms with E-state index in [-0.39, 0.29) is 17.6 Å². The van der Waals surface area contributed by atoms with Gasteiger partial charge in [-0.25, -0.2) is 17.5 Å². The number of nitrogens with one attached hydrogen (secondary N) is 1. The number of halogens is 1. The third-order valence-electron chi connectivity index (χ3n) is 2.83. The molecule has 0 aromatic heterocycles. The first kappa shape index (κ1) is 16.1. The van der Waals surface area contributed by atoms with Gasteiger partial charge < -0.3 is 0 Å². The maximum atomic E-state index is 12.7. The molecule has 0 spiro atoms. The standard InChI is InChI=1S/C14H22FNO2S/c1-11(2)4-5-12(3)16-19(17,18)10-13-6-8-14(15)9-7-13/h6-9,11-12,16H,4-5,10H2,1-3H3. The Hall–Kier alpha value is -0.940. The predicted molar refractivity (Wildman–Crippen MR) is 75.7 cm³/mol. The molecule has 3 nitrogen and oxygen atoms in total. The molecular formula is C14H22FNO2S. The van der Waals surface area contributed by atoms with Gasteiger partial charge in [-0.05, 0) is 43.4 Å². The van der Waals surface area contributed by atoms with Crippen LogP contribution in [0.5, 0.6) is 0 Å². The number of hydrogen-bond acceptors (Lipinski definition) is 2. The second-order valence-electron chi connectivity index (χ2n) is 5.38. The number of hydrogen-bond donors (Lipinski definition) is 1. The van der Waals surface area contributed by atoms with Crippen molar-refractivity contribution in [1.29, 1.82) is 0 Å². The van der Waals surface area contributed by atoms with E-state index in [1.165, 1.54) is 24.3 Å². The lowest BCUT2D eigenvalue weighted by molar-refractivity contribution is 0.485. The molecule has 1 rings (SSSR count). The molecule has 1 N–H and O–H groups in total. The molecular weight excluding hydrogens is 265 g/mol. The van der Waals surface area contributed by atoms with Crippen molar-refractivity contribution in [2.45, 2.75) is 45.4 Å². The van der Waals surface area contributed by atoms with E-state index in [9.17, 15) is 12.8 Å². The largest absolute Gasteiger partial charge is 0.216 e. The summed E-state index contributed by atoms with van der Waals surface area (Å²) in [6.45, 7) is 6.09. The first-order chi connectivity index (χ1) is 8.78. The Bertz CT molecular complexity index is 483. The molecule has 5 heteroatoms. The van der Waals surface area contributed by atoms with E-state index in [2.05, 4.69) is 18.6 Å². The zero-order chi connectivity index (χ0) is 14.5. The van der Waals surface area contributed by atoms with Crippen LogP contribution < -0.4 is 4.72 Å². The summed E-state index contributed by atoms with van der Waals surface area (Å²) < 4.78 is 39.3. The van der Waals surface area contributed by atoms with Crippen molar-refractivity contribution in [1.82, 2.24) is 4.72 Å². The average Bonchev–Trinajstić information content (AvgIpc) is 2.28. The fourth-order valence-electron chi connectivity index (χ4n) is 1.79. The third kappa shape index (κ3) is 6.68. The van der Waals surface area contributed by atoms with Crippen LogP contribution in [0.25, 0.3) is 0 Å². The lowest BCUT2D eigenvalue weighted by Crippen LogP contribution is -2.33. The van der Waals surface area contributed by atoms with Crippen molar-refractivity contribution >= 4 is 10.0 Å². The van der Waals surface area contributed by atoms with Gasteiger partial charge >= 0.3 is 0 Å². The Balaban J connectivity index is 2.54. The lowest BCUT2D eigenvalue weighted by atomic mass is 10.1. The van der Waals surface area contributed by atoms with Crippen LogP contribution in [0.15, 0.2) is 24.3 Å². The summed E-state index contributed by atoms with van der Waals surface area (Å²) in [5.41, 5.74) is 0.588. The first-order valence-electron chi connectivity index (χ1n) is 6.53. The minimum atomic E-state index is -3.37. The Labute approximate surface area is 115 Å². The average molecular weight is 287 g/mol. The normalized spacial score (nSPS) is 13.7. The van der Waals surface area contributed by atoms with E-state index in [0.29, 0.717) is 11.5 Å². The van der Waals surface area contributed by atoms with Gasteiger partial charge in [0.1, 0.15) is 5.82 Å². The van der Waals surface area contributed by atoms with Gasteiger partial charge in [0.25, 0.3) is 0 Å². The Morgan fingerprint density at radius 2 is 1.68 bits per heavy atom. The topological polar surface area (TPSA) is 46.2 Å². The molecule has 1 unspecified atom stereocenters. The van der Waals surface area contributed by atoms with Crippen LogP contribution in [0.1, 0.15) is 39.2 Å². The van der Waals surface area contributed by atoms with Gasteiger partial charge in [0, 0.05) is 6.04 Å². The second kappa shape index (κ2) is 7.01. The monoisotopic (exact) mass is 287 g/mol. The van der Waals surface area contributed by atoms with Gasteiger partial charge in [-0.15, -0.1) is 0 Å². The highest BCUT2D eigenvalue weighted by molar-refractivity contribution is 7.88. The Kier molecular flexibility index (Phi) is 5.94. The summed E-state index contributed by atoms with van der Waals surface area (Å²) in [5, 5.41) is 0. The molecule has 0 radical (unpaired) electrons. The van der Waals surface area contributed by atoms with E-state index in [1.54, 1.807) is 0 Å². The highest BCUT2D eigenvalue weighted by Gasteiger charge is 2.15. The summed E-state index contributed by atoms with van der Waals surface area (Å²) in [4.78, 5) is 0. The van der Waals surface area contributed by atoms with Gasteiger partial charge in [0.15, 0.2) is 0 Å². The lowest BCUT2D eigenvalue weighted by Gasteiger charge is -2.15. The molecule has 1 aromatic rings. The second-order valence-corrected chi connectivity index (χ2v) is 7.13. The zero-order valence-corrected chi connectivity index (χ0v) is 12.5. The molecule has 0 aliphatic heterocycles. The van der Waals surface area contributed by atoms with Crippen LogP contribution in [-0.4, -0.2) is 14.5 Å². The van der Waals surface area contributed by atoms with Gasteiger partial charge in [-0.3, -0.25) is 0 Å². The van der Waals surface area contributed by atoms with Crippen molar-refractivity contribution in [2.24, 2.45) is 5.92 Å². The Morgan fingerprint density at radius 1 is 1.11 bits per heavy atom. The number of sulfonamides is 1. The van der Waals surface area contributed by atoms with Crippen molar-refractivity contribution in [3.8, 4) is 0 Å². The molecule has 0 aliphatic rings. The minimum Gasteiger partial charge on any atom is -0.212 e. The molecule has 0 aliphatic carbocycles. The summed E-state index contributed by atoms with van der Waals surface area (Å²) in [7, 11) is -3.37. The number of benzene rings is 1. The Morgan fingerprint density at radius 3 is 2.21 bits per heavy atom. The van der Waals surface area contributed by atoms with Crippen molar-refractivity contribution < 1.29 is 12.8 Å². The van der Waals surface area contributed by atoms with Crippen LogP contribution in [0, 0.1) is 11.7 Å². The highest BCUT2D eigenvalue weighted by atomic mass is 32.2. The van der Waals surface area contributed by atoms with Crippen LogP contribution >= 0.6 is 0 Å². The minimum absolute atomic E-state index is 0.0761. The summed E-state index contributed by atoms with van der Waals surface area (Å²) in [6.07, 6.45) is 1.81. The van der Waals surface area contributed by atoms with Gasteiger partial charge in [-0.2, -0.15) is 0 Å². The summed E-state index contributed by atoms with van der Waals surface area (Å²) in [5.74, 6) is 0.0858. The van der Waals surface area contributed by atoms with E-state index in [4.69, 9.17) is 0 Å². The van der Waals surface area contributed by atoms with E-state index < -0.39 is 10.0 Å². The van der Waals surface area contributed by atoms with E-state index in [0.717, 1.165) is 12.8 Å². The number of rotatable bonds is 7. The fourth-order valence-corrected chi connectivity index (χ4v) is 3.24. The van der Waals surface area contributed by atoms with E-state index >= 15 is 0 Å². The highest BCUT2D eigenvalue weighted by Crippen LogP contribution is 2.10. The SMILES string of the molecule is CC(C)CCC(C)NS(=O)(=O)Cc1ccc(F)cc1. The predicted octanol–water partition coefficient (Wildman–Crippen LogP) is 3.07. The van der Waals surface area contributed by atoms with Crippen LogP contribution in [0.4, 0.5) is 4.39 Å². The summed E-state index contributed by atoms with van der Waals surface area (Å²) >= 11 is 0. The molecule has 108 valence electrons. The zero-order valence-electron chi connectivity index (χ0n) is 11.7. The van der Waals surface area contributed by atoms with Crippen LogP contribution in [-0.2, 0) is 15.8 Å². The molecule has 0 saturated carbocycles. The summed E-state index contributed by atoms with van der Waals surface area (Å²) in [6, 6.07) is 5.45. The van der Waals surface area contributed by atoms with Crippen LogP contribution in [0.3, 0.4) is 0 Å². The molecule has 0 bridgehead atoms. The molecule has 19 heavy (non-hydrogen) atoms. The van der Waals surface area contributed by atoms with E-state index in [1.807, 2.05) is 6.92 Å².